The van der Waals surface area contributed by atoms with E-state index in [0.29, 0.717) is 0 Å². The number of aryl methyl sites for hydroxylation is 2. The van der Waals surface area contributed by atoms with Gasteiger partial charge in [0.15, 0.2) is 0 Å². The van der Waals surface area contributed by atoms with Crippen molar-refractivity contribution < 1.29 is 8.98 Å². The maximum atomic E-state index is 6.15. The molecule has 0 fully saturated rings. The smallest absolute Gasteiger partial charge is 0.271 e. The second-order valence-electron chi connectivity index (χ2n) is 8.08. The van der Waals surface area contributed by atoms with Gasteiger partial charge in [0.05, 0.1) is 15.6 Å². The Labute approximate surface area is 186 Å². The van der Waals surface area contributed by atoms with Gasteiger partial charge in [0.2, 0.25) is 5.52 Å². The summed E-state index contributed by atoms with van der Waals surface area (Å²) in [5.41, 5.74) is 5.82. The molecule has 0 atom stereocenters. The van der Waals surface area contributed by atoms with Crippen molar-refractivity contribution in [3.05, 3.63) is 78.4 Å². The van der Waals surface area contributed by atoms with Crippen LogP contribution in [0.5, 0.6) is 0 Å². The van der Waals surface area contributed by atoms with E-state index in [1.165, 1.54) is 57.3 Å². The molecular formula is C27H18NOS2+. The third-order valence-corrected chi connectivity index (χ3v) is 8.80. The zero-order valence-corrected chi connectivity index (χ0v) is 18.7. The van der Waals surface area contributed by atoms with Crippen LogP contribution in [-0.2, 0) is 7.05 Å². The maximum absolute atomic E-state index is 6.15. The van der Waals surface area contributed by atoms with Crippen LogP contribution in [0.2, 0.25) is 0 Å². The van der Waals surface area contributed by atoms with E-state index in [1.54, 1.807) is 0 Å². The van der Waals surface area contributed by atoms with Crippen LogP contribution in [0.15, 0.2) is 77.2 Å². The van der Waals surface area contributed by atoms with Crippen molar-refractivity contribution >= 4 is 75.0 Å². The number of hydrogen-bond acceptors (Lipinski definition) is 3. The number of fused-ring (bicyclic) bond motifs is 8. The number of thiophene rings is 1. The largest absolute Gasteiger partial charge is 0.456 e. The van der Waals surface area contributed by atoms with Crippen LogP contribution in [-0.4, -0.2) is 0 Å². The molecule has 0 saturated carbocycles. The van der Waals surface area contributed by atoms with E-state index in [-0.39, 0.29) is 0 Å². The Morgan fingerprint density at radius 1 is 0.710 bits per heavy atom. The van der Waals surface area contributed by atoms with Crippen LogP contribution in [0.3, 0.4) is 0 Å². The average Bonchev–Trinajstić information content (AvgIpc) is 3.45. The van der Waals surface area contributed by atoms with E-state index in [0.717, 1.165) is 11.2 Å². The molecular weight excluding hydrogens is 418 g/mol. The molecule has 0 amide bonds. The van der Waals surface area contributed by atoms with Gasteiger partial charge >= 0.3 is 0 Å². The first-order chi connectivity index (χ1) is 15.2. The van der Waals surface area contributed by atoms with Crippen LogP contribution < -0.4 is 4.57 Å². The van der Waals surface area contributed by atoms with Crippen LogP contribution in [0.4, 0.5) is 0 Å². The highest BCUT2D eigenvalue weighted by atomic mass is 32.1. The van der Waals surface area contributed by atoms with Gasteiger partial charge in [0.25, 0.3) is 5.01 Å². The van der Waals surface area contributed by atoms with Gasteiger partial charge in [-0.2, -0.15) is 4.57 Å². The molecule has 148 valence electrons. The van der Waals surface area contributed by atoms with Crippen LogP contribution >= 0.6 is 22.7 Å². The van der Waals surface area contributed by atoms with Crippen LogP contribution in [0, 0.1) is 6.92 Å². The SMILES string of the molecule is Cc1ccc2c(sc3ccccc32)c1-c1sc2c3c(ccc2[n+]1C)oc1ccccc13. The number of thiazole rings is 1. The van der Waals surface area contributed by atoms with E-state index < -0.39 is 0 Å². The topological polar surface area (TPSA) is 17.0 Å². The minimum Gasteiger partial charge on any atom is -0.456 e. The molecule has 0 N–H and O–H groups in total. The lowest BCUT2D eigenvalue weighted by molar-refractivity contribution is -0.629. The molecule has 4 aromatic carbocycles. The Morgan fingerprint density at radius 2 is 1.52 bits per heavy atom. The summed E-state index contributed by atoms with van der Waals surface area (Å²) in [6, 6.07) is 25.9. The highest BCUT2D eigenvalue weighted by Crippen LogP contribution is 2.44. The van der Waals surface area contributed by atoms with Gasteiger partial charge in [0, 0.05) is 26.9 Å². The molecule has 2 nitrogen and oxygen atoms in total. The molecule has 7 aromatic rings. The molecule has 3 heterocycles. The summed E-state index contributed by atoms with van der Waals surface area (Å²) in [5.74, 6) is 0. The highest BCUT2D eigenvalue weighted by molar-refractivity contribution is 7.27. The Morgan fingerprint density at radius 3 is 2.42 bits per heavy atom. The standard InChI is InChI=1S/C27H18NOS2/c1-15-11-12-17-16-7-4-6-10-22(16)30-25(17)23(15)27-28(2)19-13-14-21-24(26(19)31-27)18-8-3-5-9-20(18)29-21/h3-14H,1-2H3/q+1. The minimum atomic E-state index is 0.949. The van der Waals surface area contributed by atoms with Crippen molar-refractivity contribution in [1.82, 2.24) is 0 Å². The zero-order chi connectivity index (χ0) is 20.7. The minimum absolute atomic E-state index is 0.949. The fraction of sp³-hybridized carbons (Fsp3) is 0.0741. The molecule has 4 heteroatoms. The summed E-state index contributed by atoms with van der Waals surface area (Å²) >= 11 is 3.77. The molecule has 0 bridgehead atoms. The van der Waals surface area contributed by atoms with Crippen molar-refractivity contribution in [3.8, 4) is 10.6 Å². The number of para-hydroxylation sites is 1. The number of benzene rings is 4. The normalized spacial score (nSPS) is 12.2. The first-order valence-electron chi connectivity index (χ1n) is 10.3. The van der Waals surface area contributed by atoms with Gasteiger partial charge in [-0.25, -0.2) is 0 Å². The van der Waals surface area contributed by atoms with Crippen molar-refractivity contribution in [2.24, 2.45) is 7.05 Å². The van der Waals surface area contributed by atoms with Gasteiger partial charge in [0.1, 0.15) is 22.9 Å². The molecule has 0 saturated heterocycles. The molecule has 0 unspecified atom stereocenters. The Kier molecular flexibility index (Phi) is 3.47. The number of nitrogens with zero attached hydrogens (tertiary/aromatic N) is 1. The lowest BCUT2D eigenvalue weighted by Gasteiger charge is -2.03. The number of aromatic nitrogens is 1. The predicted molar refractivity (Wildman–Crippen MR) is 133 cm³/mol. The van der Waals surface area contributed by atoms with E-state index in [2.05, 4.69) is 85.3 Å². The maximum Gasteiger partial charge on any atom is 0.271 e. The predicted octanol–water partition coefficient (Wildman–Crippen LogP) is 7.97. The van der Waals surface area contributed by atoms with Crippen molar-refractivity contribution in [2.45, 2.75) is 6.92 Å². The number of rotatable bonds is 1. The highest BCUT2D eigenvalue weighted by Gasteiger charge is 2.26. The van der Waals surface area contributed by atoms with Crippen LogP contribution in [0.25, 0.3) is 62.9 Å². The van der Waals surface area contributed by atoms with Gasteiger partial charge in [-0.15, -0.1) is 11.3 Å². The summed E-state index contributed by atoms with van der Waals surface area (Å²) in [7, 11) is 2.19. The monoisotopic (exact) mass is 436 g/mol. The number of furan rings is 1. The quantitative estimate of drug-likeness (QED) is 0.239. The van der Waals surface area contributed by atoms with E-state index >= 15 is 0 Å². The van der Waals surface area contributed by atoms with Crippen molar-refractivity contribution in [3.63, 3.8) is 0 Å². The molecule has 0 radical (unpaired) electrons. The Balaban J connectivity index is 1.63. The second kappa shape index (κ2) is 6.16. The molecule has 7 rings (SSSR count). The van der Waals surface area contributed by atoms with E-state index in [1.807, 2.05) is 28.7 Å². The lowest BCUT2D eigenvalue weighted by atomic mass is 10.0. The first-order valence-corrected chi connectivity index (χ1v) is 12.0. The molecule has 0 aliphatic heterocycles. The van der Waals surface area contributed by atoms with Crippen LogP contribution in [0.1, 0.15) is 5.56 Å². The van der Waals surface area contributed by atoms with E-state index in [4.69, 9.17) is 4.42 Å². The van der Waals surface area contributed by atoms with Gasteiger partial charge in [-0.1, -0.05) is 59.9 Å². The molecule has 0 aliphatic rings. The number of hydrogen-bond donors (Lipinski definition) is 0. The fourth-order valence-corrected chi connectivity index (χ4v) is 7.57. The second-order valence-corrected chi connectivity index (χ2v) is 10.1. The summed E-state index contributed by atoms with van der Waals surface area (Å²) in [4.78, 5) is 0. The first kappa shape index (κ1) is 17.5. The third kappa shape index (κ3) is 2.29. The lowest BCUT2D eigenvalue weighted by Crippen LogP contribution is -2.28. The summed E-state index contributed by atoms with van der Waals surface area (Å²) < 4.78 is 12.5. The van der Waals surface area contributed by atoms with Gasteiger partial charge in [-0.05, 0) is 30.7 Å². The summed E-state index contributed by atoms with van der Waals surface area (Å²) in [6.45, 7) is 2.23. The van der Waals surface area contributed by atoms with Gasteiger partial charge in [-0.3, -0.25) is 0 Å². The third-order valence-electron chi connectivity index (χ3n) is 6.31. The van der Waals surface area contributed by atoms with Crippen molar-refractivity contribution in [1.29, 1.82) is 0 Å². The Hall–Kier alpha value is -3.21. The Bertz CT molecular complexity index is 1820. The summed E-state index contributed by atoms with van der Waals surface area (Å²) in [5, 5.41) is 6.39. The average molecular weight is 437 g/mol. The molecule has 3 aromatic heterocycles. The zero-order valence-electron chi connectivity index (χ0n) is 17.1. The summed E-state index contributed by atoms with van der Waals surface area (Å²) in [6.07, 6.45) is 0. The molecule has 31 heavy (non-hydrogen) atoms. The van der Waals surface area contributed by atoms with Gasteiger partial charge < -0.3 is 4.42 Å². The fourth-order valence-electron chi connectivity index (χ4n) is 4.79. The van der Waals surface area contributed by atoms with E-state index in [9.17, 15) is 0 Å². The van der Waals surface area contributed by atoms with Crippen molar-refractivity contribution in [2.75, 3.05) is 0 Å². The molecule has 0 aliphatic carbocycles. The molecule has 0 spiro atoms.